The topological polar surface area (TPSA) is 94.2 Å². The minimum atomic E-state index is -1.41. The summed E-state index contributed by atoms with van der Waals surface area (Å²) in [6, 6.07) is 9.63. The summed E-state index contributed by atoms with van der Waals surface area (Å²) in [5, 5.41) is 3.34. The highest BCUT2D eigenvalue weighted by Gasteiger charge is 2.68. The number of carbonyl (C=O) groups is 3. The Morgan fingerprint density at radius 1 is 1.06 bits per heavy atom. The Bertz CT molecular complexity index is 1140. The molecule has 0 spiro atoms. The summed E-state index contributed by atoms with van der Waals surface area (Å²) in [5.41, 5.74) is -0.537. The molecule has 0 aliphatic carbocycles. The van der Waals surface area contributed by atoms with Gasteiger partial charge in [-0.1, -0.05) is 19.4 Å². The van der Waals surface area contributed by atoms with Gasteiger partial charge in [-0.25, -0.2) is 9.29 Å². The van der Waals surface area contributed by atoms with Crippen LogP contribution in [-0.2, 0) is 19.1 Å². The molecule has 2 aliphatic rings. The van der Waals surface area contributed by atoms with Crippen LogP contribution in [0.25, 0.3) is 0 Å². The molecule has 2 heterocycles. The molecule has 0 aromatic heterocycles. The monoisotopic (exact) mass is 484 g/mol. The molecule has 9 heteroatoms. The number of methoxy groups -OCH3 is 2. The summed E-state index contributed by atoms with van der Waals surface area (Å²) < 4.78 is 29.9. The summed E-state index contributed by atoms with van der Waals surface area (Å²) in [4.78, 5) is 42.1. The molecule has 2 amide bonds. The fraction of sp³-hybridized carbons (Fsp3) is 0.423. The number of hydrogen-bond donors (Lipinski definition) is 1. The number of fused-ring (bicyclic) bond motifs is 1. The predicted molar refractivity (Wildman–Crippen MR) is 126 cm³/mol. The second kappa shape index (κ2) is 9.65. The number of imide groups is 1. The maximum Gasteiger partial charge on any atom is 0.327 e. The second-order valence-electron chi connectivity index (χ2n) is 8.66. The van der Waals surface area contributed by atoms with Crippen LogP contribution in [0, 0.1) is 17.7 Å². The highest BCUT2D eigenvalue weighted by Crippen LogP contribution is 2.53. The highest BCUT2D eigenvalue weighted by atomic mass is 19.1. The largest absolute Gasteiger partial charge is 0.497 e. The van der Waals surface area contributed by atoms with Gasteiger partial charge in [0.05, 0.1) is 38.3 Å². The standard InChI is InChI=1S/C26H29FN2O6/c1-5-13-26(25(32)35-6-2)21-20(22(28-26)18-12-11-17(33-3)14-19(18)34-4)23(30)29(24(21)31)16-9-7-15(27)8-10-16/h7-12,14,20-22,28H,5-6,13H2,1-4H3. The average Bonchev–Trinajstić information content (AvgIpc) is 3.33. The highest BCUT2D eigenvalue weighted by molar-refractivity contribution is 6.24. The number of halogens is 1. The summed E-state index contributed by atoms with van der Waals surface area (Å²) in [6.07, 6.45) is 0.859. The first-order valence-electron chi connectivity index (χ1n) is 11.6. The van der Waals surface area contributed by atoms with Crippen molar-refractivity contribution < 1.29 is 33.0 Å². The minimum Gasteiger partial charge on any atom is -0.497 e. The van der Waals surface area contributed by atoms with Crippen molar-refractivity contribution in [1.29, 1.82) is 0 Å². The van der Waals surface area contributed by atoms with Crippen molar-refractivity contribution in [2.75, 3.05) is 25.7 Å². The van der Waals surface area contributed by atoms with Gasteiger partial charge in [0, 0.05) is 17.7 Å². The molecule has 2 saturated heterocycles. The molecule has 2 aromatic carbocycles. The van der Waals surface area contributed by atoms with Crippen molar-refractivity contribution in [3.05, 3.63) is 53.8 Å². The van der Waals surface area contributed by atoms with Crippen LogP contribution >= 0.6 is 0 Å². The third kappa shape index (κ3) is 3.93. The Balaban J connectivity index is 1.88. The Morgan fingerprint density at radius 3 is 2.37 bits per heavy atom. The molecule has 0 bridgehead atoms. The van der Waals surface area contributed by atoms with Gasteiger partial charge in [-0.2, -0.15) is 0 Å². The average molecular weight is 485 g/mol. The van der Waals surface area contributed by atoms with Gasteiger partial charge >= 0.3 is 5.97 Å². The lowest BCUT2D eigenvalue weighted by molar-refractivity contribution is -0.155. The SMILES string of the molecule is CCCC1(C(=O)OCC)NC(c2ccc(OC)cc2OC)C2C(=O)N(c3ccc(F)cc3)C(=O)C21. The molecule has 2 aromatic rings. The van der Waals surface area contributed by atoms with Gasteiger partial charge in [-0.05, 0) is 43.7 Å². The number of esters is 1. The molecule has 35 heavy (non-hydrogen) atoms. The maximum absolute atomic E-state index is 13.8. The zero-order valence-electron chi connectivity index (χ0n) is 20.2. The lowest BCUT2D eigenvalue weighted by Crippen LogP contribution is -2.56. The molecule has 0 saturated carbocycles. The Kier molecular flexibility index (Phi) is 6.80. The van der Waals surface area contributed by atoms with Crippen LogP contribution in [0.5, 0.6) is 11.5 Å². The summed E-state index contributed by atoms with van der Waals surface area (Å²) in [5.74, 6) is -2.93. The first-order valence-corrected chi connectivity index (χ1v) is 11.6. The Hall–Kier alpha value is -3.46. The first-order chi connectivity index (χ1) is 16.8. The van der Waals surface area contributed by atoms with Crippen LogP contribution in [-0.4, -0.2) is 44.1 Å². The Morgan fingerprint density at radius 2 is 1.77 bits per heavy atom. The normalized spacial score (nSPS) is 25.5. The lowest BCUT2D eigenvalue weighted by atomic mass is 9.77. The maximum atomic E-state index is 13.8. The van der Waals surface area contributed by atoms with Gasteiger partial charge in [0.2, 0.25) is 11.8 Å². The van der Waals surface area contributed by atoms with E-state index in [4.69, 9.17) is 14.2 Å². The molecule has 4 atom stereocenters. The van der Waals surface area contributed by atoms with Gasteiger partial charge in [0.1, 0.15) is 22.9 Å². The third-order valence-corrected chi connectivity index (χ3v) is 6.80. The molecule has 1 N–H and O–H groups in total. The van der Waals surface area contributed by atoms with Gasteiger partial charge in [0.15, 0.2) is 0 Å². The van der Waals surface area contributed by atoms with Crippen molar-refractivity contribution in [2.45, 2.75) is 38.3 Å². The number of ether oxygens (including phenoxy) is 3. The minimum absolute atomic E-state index is 0.129. The lowest BCUT2D eigenvalue weighted by Gasteiger charge is -2.32. The van der Waals surface area contributed by atoms with Crippen molar-refractivity contribution in [3.63, 3.8) is 0 Å². The molecule has 186 valence electrons. The van der Waals surface area contributed by atoms with Crippen LogP contribution < -0.4 is 19.7 Å². The van der Waals surface area contributed by atoms with Crippen LogP contribution in [0.1, 0.15) is 38.3 Å². The van der Waals surface area contributed by atoms with Gasteiger partial charge in [-0.3, -0.25) is 19.7 Å². The number of amides is 2. The van der Waals surface area contributed by atoms with E-state index in [9.17, 15) is 18.8 Å². The van der Waals surface area contributed by atoms with Gasteiger partial charge in [0.25, 0.3) is 0 Å². The molecular formula is C26H29FN2O6. The predicted octanol–water partition coefficient (Wildman–Crippen LogP) is 3.40. The number of nitrogens with one attached hydrogen (secondary N) is 1. The van der Waals surface area contributed by atoms with E-state index in [0.29, 0.717) is 23.5 Å². The van der Waals surface area contributed by atoms with Crippen molar-refractivity contribution >= 4 is 23.5 Å². The number of carbonyl (C=O) groups excluding carboxylic acids is 3. The van der Waals surface area contributed by atoms with E-state index in [-0.39, 0.29) is 18.7 Å². The molecule has 8 nitrogen and oxygen atoms in total. The third-order valence-electron chi connectivity index (χ3n) is 6.80. The number of rotatable bonds is 8. The van der Waals surface area contributed by atoms with Crippen molar-refractivity contribution in [3.8, 4) is 11.5 Å². The molecular weight excluding hydrogens is 455 g/mol. The smallest absolute Gasteiger partial charge is 0.327 e. The van der Waals surface area contributed by atoms with Crippen LogP contribution in [0.15, 0.2) is 42.5 Å². The number of benzene rings is 2. The fourth-order valence-corrected chi connectivity index (χ4v) is 5.36. The van der Waals surface area contributed by atoms with Crippen LogP contribution in [0.3, 0.4) is 0 Å². The van der Waals surface area contributed by atoms with E-state index in [0.717, 1.165) is 4.90 Å². The number of nitrogens with zero attached hydrogens (tertiary/aromatic N) is 1. The molecule has 2 aliphatic heterocycles. The van der Waals surface area contributed by atoms with Crippen molar-refractivity contribution in [2.24, 2.45) is 11.8 Å². The number of hydrogen-bond acceptors (Lipinski definition) is 7. The van der Waals surface area contributed by atoms with Crippen molar-refractivity contribution in [1.82, 2.24) is 5.32 Å². The second-order valence-corrected chi connectivity index (χ2v) is 8.66. The zero-order chi connectivity index (χ0) is 25.3. The van der Waals surface area contributed by atoms with E-state index in [2.05, 4.69) is 5.32 Å². The molecule has 0 radical (unpaired) electrons. The van der Waals surface area contributed by atoms with Crippen LogP contribution in [0.2, 0.25) is 0 Å². The zero-order valence-corrected chi connectivity index (χ0v) is 20.2. The quantitative estimate of drug-likeness (QED) is 0.453. The van der Waals surface area contributed by atoms with E-state index < -0.39 is 47.0 Å². The molecule has 4 unspecified atom stereocenters. The molecule has 2 fully saturated rings. The van der Waals surface area contributed by atoms with E-state index >= 15 is 0 Å². The van der Waals surface area contributed by atoms with E-state index in [1.54, 1.807) is 25.1 Å². The van der Waals surface area contributed by atoms with Crippen LogP contribution in [0.4, 0.5) is 10.1 Å². The van der Waals surface area contributed by atoms with Gasteiger partial charge in [-0.15, -0.1) is 0 Å². The summed E-state index contributed by atoms with van der Waals surface area (Å²) in [6.45, 7) is 3.72. The van der Waals surface area contributed by atoms with E-state index in [1.807, 2.05) is 6.92 Å². The Labute approximate surface area is 203 Å². The number of anilines is 1. The summed E-state index contributed by atoms with van der Waals surface area (Å²) in [7, 11) is 3.03. The molecule has 4 rings (SSSR count). The van der Waals surface area contributed by atoms with E-state index in [1.165, 1.54) is 38.5 Å². The first kappa shape index (κ1) is 24.7. The fourth-order valence-electron chi connectivity index (χ4n) is 5.36. The van der Waals surface area contributed by atoms with Gasteiger partial charge < -0.3 is 14.2 Å². The summed E-state index contributed by atoms with van der Waals surface area (Å²) >= 11 is 0.